The Morgan fingerprint density at radius 2 is 2.19 bits per heavy atom. The van der Waals surface area contributed by atoms with E-state index in [0.29, 0.717) is 13.0 Å². The molecular weight excluding hydrogens is 286 g/mol. The molecule has 1 atom stereocenters. The number of aromatic nitrogens is 2. The minimum absolute atomic E-state index is 0.0481. The SMILES string of the molecule is CC(=O)SC1CC(=O)N(c2cccc(-n3ccnc3)c2)C1. The number of benzene rings is 1. The molecule has 1 fully saturated rings. The average molecular weight is 301 g/mol. The lowest BCUT2D eigenvalue weighted by Gasteiger charge is -2.17. The molecule has 1 aliphatic heterocycles. The Balaban J connectivity index is 1.82. The fourth-order valence-electron chi connectivity index (χ4n) is 2.47. The van der Waals surface area contributed by atoms with Crippen LogP contribution >= 0.6 is 11.8 Å². The van der Waals surface area contributed by atoms with Crippen LogP contribution in [0, 0.1) is 0 Å². The van der Waals surface area contributed by atoms with E-state index in [2.05, 4.69) is 4.98 Å². The number of carbonyl (C=O) groups excluding carboxylic acids is 2. The normalized spacial score (nSPS) is 18.2. The summed E-state index contributed by atoms with van der Waals surface area (Å²) in [5.41, 5.74) is 1.82. The van der Waals surface area contributed by atoms with Crippen LogP contribution in [0.3, 0.4) is 0 Å². The maximum absolute atomic E-state index is 12.1. The van der Waals surface area contributed by atoms with E-state index < -0.39 is 0 Å². The van der Waals surface area contributed by atoms with Crippen LogP contribution in [0.4, 0.5) is 5.69 Å². The van der Waals surface area contributed by atoms with Gasteiger partial charge in [0.05, 0.1) is 6.33 Å². The Labute approximate surface area is 127 Å². The zero-order chi connectivity index (χ0) is 14.8. The van der Waals surface area contributed by atoms with Gasteiger partial charge in [-0.3, -0.25) is 9.59 Å². The number of thioether (sulfide) groups is 1. The molecule has 6 heteroatoms. The highest BCUT2D eigenvalue weighted by Gasteiger charge is 2.31. The summed E-state index contributed by atoms with van der Waals surface area (Å²) in [4.78, 5) is 29.1. The Morgan fingerprint density at radius 1 is 1.38 bits per heavy atom. The van der Waals surface area contributed by atoms with E-state index in [1.54, 1.807) is 17.4 Å². The molecule has 108 valence electrons. The van der Waals surface area contributed by atoms with Gasteiger partial charge in [-0.2, -0.15) is 0 Å². The highest BCUT2D eigenvalue weighted by molar-refractivity contribution is 8.14. The first kappa shape index (κ1) is 13.9. The van der Waals surface area contributed by atoms with E-state index in [1.165, 1.54) is 18.7 Å². The number of imidazole rings is 1. The van der Waals surface area contributed by atoms with Gasteiger partial charge in [-0.15, -0.1) is 0 Å². The lowest BCUT2D eigenvalue weighted by atomic mass is 10.2. The largest absolute Gasteiger partial charge is 0.311 e. The predicted octanol–water partition coefficient (Wildman–Crippen LogP) is 2.26. The van der Waals surface area contributed by atoms with Gasteiger partial charge in [0.25, 0.3) is 0 Å². The molecule has 1 saturated heterocycles. The molecule has 0 aliphatic carbocycles. The topological polar surface area (TPSA) is 55.2 Å². The molecule has 0 N–H and O–H groups in total. The molecular formula is C15H15N3O2S. The summed E-state index contributed by atoms with van der Waals surface area (Å²) < 4.78 is 1.89. The lowest BCUT2D eigenvalue weighted by Crippen LogP contribution is -2.25. The van der Waals surface area contributed by atoms with Gasteiger partial charge in [-0.1, -0.05) is 17.8 Å². The van der Waals surface area contributed by atoms with Crippen molar-refractivity contribution in [1.29, 1.82) is 0 Å². The molecule has 5 nitrogen and oxygen atoms in total. The van der Waals surface area contributed by atoms with Crippen LogP contribution in [0.25, 0.3) is 5.69 Å². The highest BCUT2D eigenvalue weighted by Crippen LogP contribution is 2.29. The summed E-state index contributed by atoms with van der Waals surface area (Å²) in [7, 11) is 0. The summed E-state index contributed by atoms with van der Waals surface area (Å²) in [6, 6.07) is 7.76. The molecule has 21 heavy (non-hydrogen) atoms. The van der Waals surface area contributed by atoms with Gasteiger partial charge in [-0.25, -0.2) is 4.98 Å². The minimum atomic E-state index is 0.0481. The van der Waals surface area contributed by atoms with Crippen LogP contribution in [0.15, 0.2) is 43.0 Å². The Kier molecular flexibility index (Phi) is 3.79. The Bertz CT molecular complexity index is 669. The van der Waals surface area contributed by atoms with Crippen LogP contribution in [0.1, 0.15) is 13.3 Å². The molecule has 0 bridgehead atoms. The second kappa shape index (κ2) is 5.73. The van der Waals surface area contributed by atoms with Crippen molar-refractivity contribution in [2.75, 3.05) is 11.4 Å². The minimum Gasteiger partial charge on any atom is -0.311 e. The molecule has 2 heterocycles. The summed E-state index contributed by atoms with van der Waals surface area (Å²) in [5, 5.41) is 0.105. The molecule has 0 radical (unpaired) electrons. The molecule has 0 spiro atoms. The van der Waals surface area contributed by atoms with Crippen molar-refractivity contribution >= 4 is 28.5 Å². The van der Waals surface area contributed by atoms with E-state index in [0.717, 1.165) is 11.4 Å². The summed E-state index contributed by atoms with van der Waals surface area (Å²) in [5.74, 6) is 0.0662. The number of hydrogen-bond donors (Lipinski definition) is 0. The molecule has 2 aromatic rings. The van der Waals surface area contributed by atoms with Crippen LogP contribution < -0.4 is 4.90 Å². The molecule has 1 aliphatic rings. The van der Waals surface area contributed by atoms with Crippen LogP contribution in [0.2, 0.25) is 0 Å². The van der Waals surface area contributed by atoms with Crippen molar-refractivity contribution in [3.63, 3.8) is 0 Å². The van der Waals surface area contributed by atoms with Crippen molar-refractivity contribution < 1.29 is 9.59 Å². The third-order valence-corrected chi connectivity index (χ3v) is 4.35. The number of amides is 1. The van der Waals surface area contributed by atoms with E-state index in [4.69, 9.17) is 0 Å². The van der Waals surface area contributed by atoms with E-state index in [1.807, 2.05) is 35.0 Å². The third kappa shape index (κ3) is 3.00. The van der Waals surface area contributed by atoms with Crippen molar-refractivity contribution in [2.24, 2.45) is 0 Å². The fraction of sp³-hybridized carbons (Fsp3) is 0.267. The van der Waals surface area contributed by atoms with E-state index in [-0.39, 0.29) is 16.3 Å². The standard InChI is InChI=1S/C15H15N3O2S/c1-11(19)21-14-8-15(20)18(9-14)13-4-2-3-12(7-13)17-6-5-16-10-17/h2-7,10,14H,8-9H2,1H3. The number of nitrogens with zero attached hydrogens (tertiary/aromatic N) is 3. The smallest absolute Gasteiger partial charge is 0.228 e. The number of hydrogen-bond acceptors (Lipinski definition) is 4. The highest BCUT2D eigenvalue weighted by atomic mass is 32.2. The molecule has 1 amide bonds. The van der Waals surface area contributed by atoms with E-state index >= 15 is 0 Å². The molecule has 0 saturated carbocycles. The van der Waals surface area contributed by atoms with Gasteiger partial charge in [0.2, 0.25) is 5.91 Å². The predicted molar refractivity (Wildman–Crippen MR) is 82.6 cm³/mol. The van der Waals surface area contributed by atoms with Gasteiger partial charge >= 0.3 is 0 Å². The Morgan fingerprint density at radius 3 is 2.90 bits per heavy atom. The average Bonchev–Trinajstić information content (AvgIpc) is 3.08. The van der Waals surface area contributed by atoms with Gasteiger partial charge in [0.1, 0.15) is 0 Å². The monoisotopic (exact) mass is 301 g/mol. The van der Waals surface area contributed by atoms with Gasteiger partial charge in [0, 0.05) is 48.9 Å². The first-order chi connectivity index (χ1) is 10.1. The fourth-order valence-corrected chi connectivity index (χ4v) is 3.39. The zero-order valence-electron chi connectivity index (χ0n) is 11.6. The van der Waals surface area contributed by atoms with Crippen LogP contribution in [-0.4, -0.2) is 32.4 Å². The quantitative estimate of drug-likeness (QED) is 0.872. The molecule has 1 aromatic carbocycles. The maximum atomic E-state index is 12.1. The van der Waals surface area contributed by atoms with Crippen molar-refractivity contribution in [3.05, 3.63) is 43.0 Å². The van der Waals surface area contributed by atoms with Gasteiger partial charge in [-0.05, 0) is 18.2 Å². The summed E-state index contributed by atoms with van der Waals surface area (Å²) in [6.45, 7) is 2.12. The van der Waals surface area contributed by atoms with Crippen molar-refractivity contribution in [2.45, 2.75) is 18.6 Å². The number of anilines is 1. The number of rotatable bonds is 3. The Hall–Kier alpha value is -2.08. The van der Waals surface area contributed by atoms with Crippen molar-refractivity contribution in [1.82, 2.24) is 9.55 Å². The second-order valence-electron chi connectivity index (χ2n) is 4.93. The first-order valence-electron chi connectivity index (χ1n) is 6.69. The third-order valence-electron chi connectivity index (χ3n) is 3.37. The van der Waals surface area contributed by atoms with Gasteiger partial charge < -0.3 is 9.47 Å². The van der Waals surface area contributed by atoms with Gasteiger partial charge in [0.15, 0.2) is 5.12 Å². The number of carbonyl (C=O) groups is 2. The van der Waals surface area contributed by atoms with Crippen LogP contribution in [0.5, 0.6) is 0 Å². The van der Waals surface area contributed by atoms with Crippen LogP contribution in [-0.2, 0) is 9.59 Å². The summed E-state index contributed by atoms with van der Waals surface area (Å²) in [6.07, 6.45) is 5.71. The molecule has 1 unspecified atom stereocenters. The second-order valence-corrected chi connectivity index (χ2v) is 6.41. The molecule has 3 rings (SSSR count). The first-order valence-corrected chi connectivity index (χ1v) is 7.57. The lowest BCUT2D eigenvalue weighted by molar-refractivity contribution is -0.117. The van der Waals surface area contributed by atoms with Crippen molar-refractivity contribution in [3.8, 4) is 5.69 Å². The zero-order valence-corrected chi connectivity index (χ0v) is 12.4. The molecule has 1 aromatic heterocycles. The summed E-state index contributed by atoms with van der Waals surface area (Å²) >= 11 is 1.25. The van der Waals surface area contributed by atoms with E-state index in [9.17, 15) is 9.59 Å². The maximum Gasteiger partial charge on any atom is 0.228 e.